The average Bonchev–Trinajstić information content (AvgIpc) is 2.85. The van der Waals surface area contributed by atoms with Crippen LogP contribution < -0.4 is 0 Å². The molecule has 0 unspecified atom stereocenters. The van der Waals surface area contributed by atoms with Gasteiger partial charge in [-0.1, -0.05) is 25.4 Å². The molecular formula is C14H19ClN2O3S. The van der Waals surface area contributed by atoms with E-state index in [-0.39, 0.29) is 33.5 Å². The number of hydrogen-bond acceptors (Lipinski definition) is 4. The summed E-state index contributed by atoms with van der Waals surface area (Å²) >= 11 is 5.72. The third-order valence-corrected chi connectivity index (χ3v) is 6.85. The van der Waals surface area contributed by atoms with Gasteiger partial charge >= 0.3 is 0 Å². The van der Waals surface area contributed by atoms with Gasteiger partial charge in [0, 0.05) is 37.2 Å². The van der Waals surface area contributed by atoms with Gasteiger partial charge in [-0.05, 0) is 18.6 Å². The molecule has 1 aliphatic heterocycles. The van der Waals surface area contributed by atoms with E-state index >= 15 is 0 Å². The maximum atomic E-state index is 12.8. The van der Waals surface area contributed by atoms with E-state index in [4.69, 9.17) is 16.3 Å². The number of sulfonamides is 1. The van der Waals surface area contributed by atoms with Crippen LogP contribution in [0.25, 0.3) is 0 Å². The van der Waals surface area contributed by atoms with Crippen LogP contribution >= 0.6 is 11.6 Å². The Morgan fingerprint density at radius 2 is 2.14 bits per heavy atom. The van der Waals surface area contributed by atoms with E-state index < -0.39 is 10.0 Å². The van der Waals surface area contributed by atoms with E-state index in [0.717, 1.165) is 6.42 Å². The smallest absolute Gasteiger partial charge is 0.244 e. The molecule has 1 saturated carbocycles. The minimum Gasteiger partial charge on any atom is -0.377 e. The van der Waals surface area contributed by atoms with E-state index in [2.05, 4.69) is 18.8 Å². The molecule has 0 spiro atoms. The van der Waals surface area contributed by atoms with E-state index in [1.165, 1.54) is 22.6 Å². The average molecular weight is 331 g/mol. The van der Waals surface area contributed by atoms with Crippen LogP contribution in [0.4, 0.5) is 0 Å². The zero-order valence-corrected chi connectivity index (χ0v) is 13.9. The fourth-order valence-electron chi connectivity index (χ4n) is 3.87. The summed E-state index contributed by atoms with van der Waals surface area (Å²) < 4.78 is 32.7. The van der Waals surface area contributed by atoms with Gasteiger partial charge in [0.25, 0.3) is 0 Å². The summed E-state index contributed by atoms with van der Waals surface area (Å²) in [5.41, 5.74) is -0.178. The highest BCUT2D eigenvalue weighted by Crippen LogP contribution is 2.55. The Labute approximate surface area is 130 Å². The fourth-order valence-corrected chi connectivity index (χ4v) is 5.46. The second-order valence-corrected chi connectivity index (χ2v) is 8.73. The molecule has 0 radical (unpaired) electrons. The van der Waals surface area contributed by atoms with Crippen LogP contribution in [0.2, 0.25) is 5.15 Å². The lowest BCUT2D eigenvalue weighted by Gasteiger charge is -2.57. The first-order chi connectivity index (χ1) is 9.76. The molecule has 1 aromatic rings. The van der Waals surface area contributed by atoms with Crippen molar-refractivity contribution in [2.75, 3.05) is 13.7 Å². The first-order valence-corrected chi connectivity index (χ1v) is 8.79. The summed E-state index contributed by atoms with van der Waals surface area (Å²) in [6.45, 7) is 4.85. The molecule has 21 heavy (non-hydrogen) atoms. The zero-order chi connectivity index (χ0) is 15.4. The largest absolute Gasteiger partial charge is 0.377 e. The third kappa shape index (κ3) is 2.20. The minimum absolute atomic E-state index is 0.0503. The van der Waals surface area contributed by atoms with Crippen LogP contribution in [0, 0.1) is 11.3 Å². The van der Waals surface area contributed by atoms with Crippen molar-refractivity contribution in [2.24, 2.45) is 11.3 Å². The Morgan fingerprint density at radius 3 is 2.76 bits per heavy atom. The van der Waals surface area contributed by atoms with Gasteiger partial charge < -0.3 is 4.74 Å². The van der Waals surface area contributed by atoms with Crippen LogP contribution in [0.3, 0.4) is 0 Å². The highest BCUT2D eigenvalue weighted by Gasteiger charge is 2.62. The molecule has 3 rings (SSSR count). The van der Waals surface area contributed by atoms with Crippen molar-refractivity contribution in [1.29, 1.82) is 0 Å². The zero-order valence-electron chi connectivity index (χ0n) is 12.3. The topological polar surface area (TPSA) is 59.5 Å². The number of fused-ring (bicyclic) bond motifs is 1. The number of hydrogen-bond donors (Lipinski definition) is 0. The SMILES string of the molecule is CN([C@@H]1[C@@H]2CCO[C@@H]2C1(C)C)S(=O)(=O)c1ccc(Cl)nc1. The molecule has 116 valence electrons. The summed E-state index contributed by atoms with van der Waals surface area (Å²) in [7, 11) is -1.93. The first-order valence-electron chi connectivity index (χ1n) is 6.97. The van der Waals surface area contributed by atoms with Gasteiger partial charge in [-0.2, -0.15) is 4.31 Å². The molecular weight excluding hydrogens is 312 g/mol. The Bertz CT molecular complexity index is 645. The van der Waals surface area contributed by atoms with E-state index in [1.54, 1.807) is 7.05 Å². The normalized spacial score (nSPS) is 31.0. The van der Waals surface area contributed by atoms with Gasteiger partial charge in [0.05, 0.1) is 6.10 Å². The molecule has 0 bridgehead atoms. The molecule has 1 aliphatic carbocycles. The summed E-state index contributed by atoms with van der Waals surface area (Å²) in [6.07, 6.45) is 2.38. The van der Waals surface area contributed by atoms with Crippen molar-refractivity contribution < 1.29 is 13.2 Å². The molecule has 0 N–H and O–H groups in total. The van der Waals surface area contributed by atoms with Gasteiger partial charge in [-0.25, -0.2) is 13.4 Å². The maximum Gasteiger partial charge on any atom is 0.244 e. The van der Waals surface area contributed by atoms with Gasteiger partial charge in [-0.3, -0.25) is 0 Å². The second kappa shape index (κ2) is 4.91. The molecule has 1 aromatic heterocycles. The highest BCUT2D eigenvalue weighted by molar-refractivity contribution is 7.89. The van der Waals surface area contributed by atoms with Crippen molar-refractivity contribution in [2.45, 2.75) is 37.3 Å². The fraction of sp³-hybridized carbons (Fsp3) is 0.643. The molecule has 0 amide bonds. The monoisotopic (exact) mass is 330 g/mol. The van der Waals surface area contributed by atoms with Crippen molar-refractivity contribution in [1.82, 2.24) is 9.29 Å². The lowest BCUT2D eigenvalue weighted by atomic mass is 9.57. The van der Waals surface area contributed by atoms with Crippen LogP contribution in [-0.4, -0.2) is 43.5 Å². The van der Waals surface area contributed by atoms with Crippen molar-refractivity contribution in [3.63, 3.8) is 0 Å². The number of pyridine rings is 1. The van der Waals surface area contributed by atoms with Gasteiger partial charge in [-0.15, -0.1) is 0 Å². The first kappa shape index (κ1) is 15.2. The Kier molecular flexibility index (Phi) is 3.56. The van der Waals surface area contributed by atoms with Gasteiger partial charge in [0.2, 0.25) is 10.0 Å². The molecule has 5 nitrogen and oxygen atoms in total. The number of ether oxygens (including phenoxy) is 1. The molecule has 3 atom stereocenters. The summed E-state index contributed by atoms with van der Waals surface area (Å²) in [6, 6.07) is 2.94. The van der Waals surface area contributed by atoms with E-state index in [0.29, 0.717) is 6.61 Å². The van der Waals surface area contributed by atoms with Crippen LogP contribution in [0.15, 0.2) is 23.2 Å². The molecule has 7 heteroatoms. The Balaban J connectivity index is 1.91. The molecule has 2 heterocycles. The molecule has 2 aliphatic rings. The third-order valence-electron chi connectivity index (χ3n) is 4.81. The molecule has 0 aromatic carbocycles. The van der Waals surface area contributed by atoms with Crippen molar-refractivity contribution >= 4 is 21.6 Å². The standard InChI is InChI=1S/C14H19ClN2O3S/c1-14(2)12(10-6-7-20-13(10)14)17(3)21(18,19)9-4-5-11(15)16-8-9/h4-5,8,10,12-13H,6-7H2,1-3H3/t10-,12+,13-/m0/s1. The Hall–Kier alpha value is -0.690. The van der Waals surface area contributed by atoms with Crippen LogP contribution in [-0.2, 0) is 14.8 Å². The van der Waals surface area contributed by atoms with E-state index in [9.17, 15) is 8.42 Å². The van der Waals surface area contributed by atoms with Crippen LogP contribution in [0.5, 0.6) is 0 Å². The summed E-state index contributed by atoms with van der Waals surface area (Å²) in [5, 5.41) is 0.282. The second-order valence-electron chi connectivity index (χ2n) is 6.35. The molecule has 2 fully saturated rings. The van der Waals surface area contributed by atoms with Crippen LogP contribution in [0.1, 0.15) is 20.3 Å². The quantitative estimate of drug-likeness (QED) is 0.797. The summed E-state index contributed by atoms with van der Waals surface area (Å²) in [4.78, 5) is 4.04. The molecule has 1 saturated heterocycles. The summed E-state index contributed by atoms with van der Waals surface area (Å²) in [5.74, 6) is 0.278. The predicted octanol–water partition coefficient (Wildman–Crippen LogP) is 2.17. The van der Waals surface area contributed by atoms with Gasteiger partial charge in [0.15, 0.2) is 0 Å². The predicted molar refractivity (Wildman–Crippen MR) is 79.6 cm³/mol. The number of nitrogens with zero attached hydrogens (tertiary/aromatic N) is 2. The van der Waals surface area contributed by atoms with Gasteiger partial charge in [0.1, 0.15) is 10.0 Å². The lowest BCUT2D eigenvalue weighted by molar-refractivity contribution is -0.131. The Morgan fingerprint density at radius 1 is 1.43 bits per heavy atom. The maximum absolute atomic E-state index is 12.8. The number of rotatable bonds is 3. The highest BCUT2D eigenvalue weighted by atomic mass is 35.5. The van der Waals surface area contributed by atoms with Crippen molar-refractivity contribution in [3.8, 4) is 0 Å². The number of halogens is 1. The number of aromatic nitrogens is 1. The van der Waals surface area contributed by atoms with Crippen molar-refractivity contribution in [3.05, 3.63) is 23.5 Å². The minimum atomic E-state index is -3.57. The lowest BCUT2D eigenvalue weighted by Crippen LogP contribution is -2.66. The van der Waals surface area contributed by atoms with E-state index in [1.807, 2.05) is 0 Å².